The van der Waals surface area contributed by atoms with Crippen LogP contribution in [0, 0.1) is 0 Å². The highest BCUT2D eigenvalue weighted by molar-refractivity contribution is 5.92. The first-order valence-electron chi connectivity index (χ1n) is 15.4. The third-order valence-electron chi connectivity index (χ3n) is 9.25. The van der Waals surface area contributed by atoms with Gasteiger partial charge < -0.3 is 29.9 Å². The fourth-order valence-corrected chi connectivity index (χ4v) is 7.03. The molecule has 8 nitrogen and oxygen atoms in total. The number of nitrogens with one attached hydrogen (secondary N) is 4. The van der Waals surface area contributed by atoms with E-state index in [1.54, 1.807) is 0 Å². The Balaban J connectivity index is 0.00000163. The second-order valence-electron chi connectivity index (χ2n) is 11.9. The van der Waals surface area contributed by atoms with Crippen LogP contribution >= 0.6 is 24.8 Å². The molecular formula is C35H35Cl2N7O. The van der Waals surface area contributed by atoms with Gasteiger partial charge in [-0.2, -0.15) is 0 Å². The van der Waals surface area contributed by atoms with Crippen LogP contribution in [0.25, 0.3) is 44.7 Å². The Bertz CT molecular complexity index is 1950. The summed E-state index contributed by atoms with van der Waals surface area (Å²) in [6.07, 6.45) is 8.24. The predicted molar refractivity (Wildman–Crippen MR) is 182 cm³/mol. The summed E-state index contributed by atoms with van der Waals surface area (Å²) in [5.41, 5.74) is 8.74. The Morgan fingerprint density at radius 1 is 0.711 bits per heavy atom. The smallest absolute Gasteiger partial charge is 0.203 e. The molecule has 0 saturated carbocycles. The first-order valence-corrected chi connectivity index (χ1v) is 15.4. The van der Waals surface area contributed by atoms with Crippen LogP contribution in [0.3, 0.4) is 0 Å². The van der Waals surface area contributed by atoms with E-state index in [4.69, 9.17) is 14.7 Å². The summed E-state index contributed by atoms with van der Waals surface area (Å²) >= 11 is 0. The molecule has 0 aliphatic carbocycles. The number of fused-ring (bicyclic) bond motifs is 5. The van der Waals surface area contributed by atoms with Gasteiger partial charge in [0.25, 0.3) is 0 Å². The Morgan fingerprint density at radius 3 is 2.00 bits per heavy atom. The van der Waals surface area contributed by atoms with Gasteiger partial charge in [-0.1, -0.05) is 42.5 Å². The Morgan fingerprint density at radius 2 is 1.36 bits per heavy atom. The van der Waals surface area contributed by atoms with Crippen LogP contribution in [0.4, 0.5) is 0 Å². The van der Waals surface area contributed by atoms with Crippen molar-refractivity contribution in [1.29, 1.82) is 0 Å². The zero-order valence-corrected chi connectivity index (χ0v) is 26.3. The lowest BCUT2D eigenvalue weighted by atomic mass is 10.0. The number of hydrogen-bond donors (Lipinski definition) is 4. The quantitative estimate of drug-likeness (QED) is 0.155. The molecule has 3 aliphatic rings. The number of rotatable bonds is 5. The molecule has 3 aliphatic heterocycles. The Kier molecular flexibility index (Phi) is 7.91. The average Bonchev–Trinajstić information content (AvgIpc) is 3.89. The first-order chi connectivity index (χ1) is 21.3. The van der Waals surface area contributed by atoms with Crippen molar-refractivity contribution in [2.45, 2.75) is 44.0 Å². The van der Waals surface area contributed by atoms with Gasteiger partial charge in [0.2, 0.25) is 6.23 Å². The van der Waals surface area contributed by atoms with E-state index in [0.717, 1.165) is 88.2 Å². The fourth-order valence-electron chi connectivity index (χ4n) is 7.03. The molecule has 3 aromatic heterocycles. The van der Waals surface area contributed by atoms with Gasteiger partial charge in [-0.05, 0) is 69.1 Å². The molecule has 3 aromatic carbocycles. The Hall–Kier alpha value is -4.08. The third kappa shape index (κ3) is 5.12. The monoisotopic (exact) mass is 639 g/mol. The van der Waals surface area contributed by atoms with Crippen LogP contribution < -0.4 is 15.4 Å². The molecule has 3 atom stereocenters. The number of benzene rings is 3. The number of hydrogen-bond acceptors (Lipinski definition) is 5. The van der Waals surface area contributed by atoms with Crippen LogP contribution in [0.5, 0.6) is 5.75 Å². The molecule has 0 radical (unpaired) electrons. The molecule has 2 saturated heterocycles. The molecule has 0 unspecified atom stereocenters. The van der Waals surface area contributed by atoms with E-state index >= 15 is 0 Å². The SMILES string of the molecule is Cl.Cl.c1ccc([C@@H]2Oc3cc(-c4cnc([C@@H]5CCCN5)[nH]4)ccc3-c3cc4cc(-c5cnc([C@@H]6CCCN6)[nH]5)ccc4n32)cc1. The first kappa shape index (κ1) is 29.6. The maximum Gasteiger partial charge on any atom is 0.203 e. The zero-order chi connectivity index (χ0) is 28.3. The zero-order valence-electron chi connectivity index (χ0n) is 24.6. The second-order valence-corrected chi connectivity index (χ2v) is 11.9. The molecule has 0 spiro atoms. The highest BCUT2D eigenvalue weighted by Crippen LogP contribution is 2.46. The topological polar surface area (TPSA) is 95.6 Å². The molecule has 0 bridgehead atoms. The molecule has 4 N–H and O–H groups in total. The number of H-pyrrole nitrogens is 2. The van der Waals surface area contributed by atoms with E-state index in [2.05, 4.69) is 91.9 Å². The van der Waals surface area contributed by atoms with Gasteiger partial charge in [0.15, 0.2) is 0 Å². The van der Waals surface area contributed by atoms with Crippen molar-refractivity contribution >= 4 is 35.7 Å². The normalized spacial score (nSPS) is 20.2. The lowest BCUT2D eigenvalue weighted by Crippen LogP contribution is -2.22. The van der Waals surface area contributed by atoms with Gasteiger partial charge in [-0.15, -0.1) is 24.8 Å². The van der Waals surface area contributed by atoms with Crippen molar-refractivity contribution in [3.8, 4) is 39.5 Å². The molecule has 10 heteroatoms. The molecule has 6 aromatic rings. The predicted octanol–water partition coefficient (Wildman–Crippen LogP) is 7.72. The van der Waals surface area contributed by atoms with Crippen LogP contribution in [0.2, 0.25) is 0 Å². The van der Waals surface area contributed by atoms with Crippen LogP contribution in [0.1, 0.15) is 61.2 Å². The molecule has 6 heterocycles. The summed E-state index contributed by atoms with van der Waals surface area (Å²) < 4.78 is 9.18. The summed E-state index contributed by atoms with van der Waals surface area (Å²) in [5.74, 6) is 2.90. The second kappa shape index (κ2) is 12.0. The molecule has 0 amide bonds. The number of aromatic amines is 2. The molecule has 2 fully saturated rings. The van der Waals surface area contributed by atoms with Crippen LogP contribution in [-0.2, 0) is 0 Å². The van der Waals surface area contributed by atoms with Gasteiger partial charge in [-0.25, -0.2) is 9.97 Å². The summed E-state index contributed by atoms with van der Waals surface area (Å²) in [6, 6.07) is 26.6. The highest BCUT2D eigenvalue weighted by atomic mass is 35.5. The van der Waals surface area contributed by atoms with Crippen molar-refractivity contribution in [3.05, 3.63) is 102 Å². The standard InChI is InChI=1S/C35H33N7O.2ClH/c1-2-6-21(7-3-1)35-42-30-13-11-22(28-19-38-33(40-28)26-8-4-14-36-26)16-24(30)17-31(42)25-12-10-23(18-32(25)43-35)29-20-39-34(41-29)27-9-5-15-37-27;;/h1-3,6-7,10-13,16-20,26-27,35-37H,4-5,8-9,14-15H2,(H,38,40)(H,39,41);2*1H/t26-,27-,35-;;/m0../s1. The lowest BCUT2D eigenvalue weighted by molar-refractivity contribution is 0.173. The minimum absolute atomic E-state index is 0. The number of imidazole rings is 2. The van der Waals surface area contributed by atoms with Crippen LogP contribution in [-0.4, -0.2) is 37.6 Å². The molecule has 45 heavy (non-hydrogen) atoms. The molecular weight excluding hydrogens is 605 g/mol. The molecule has 230 valence electrons. The highest BCUT2D eigenvalue weighted by Gasteiger charge is 2.30. The van der Waals surface area contributed by atoms with Gasteiger partial charge in [0.05, 0.1) is 47.1 Å². The Labute approximate surface area is 273 Å². The maximum absolute atomic E-state index is 6.85. The fraction of sp³-hybridized carbons (Fsp3) is 0.257. The van der Waals surface area contributed by atoms with E-state index in [0.29, 0.717) is 12.1 Å². The van der Waals surface area contributed by atoms with Crippen molar-refractivity contribution in [3.63, 3.8) is 0 Å². The van der Waals surface area contributed by atoms with E-state index in [1.165, 1.54) is 18.2 Å². The largest absolute Gasteiger partial charge is 0.465 e. The average molecular weight is 641 g/mol. The summed E-state index contributed by atoms with van der Waals surface area (Å²) in [7, 11) is 0. The van der Waals surface area contributed by atoms with Crippen LogP contribution in [0.15, 0.2) is 85.2 Å². The third-order valence-corrected chi connectivity index (χ3v) is 9.25. The van der Waals surface area contributed by atoms with E-state index in [9.17, 15) is 0 Å². The van der Waals surface area contributed by atoms with E-state index < -0.39 is 0 Å². The number of ether oxygens (including phenoxy) is 1. The summed E-state index contributed by atoms with van der Waals surface area (Å²) in [4.78, 5) is 16.5. The van der Waals surface area contributed by atoms with E-state index in [-0.39, 0.29) is 31.0 Å². The van der Waals surface area contributed by atoms with Gasteiger partial charge >= 0.3 is 0 Å². The minimum Gasteiger partial charge on any atom is -0.465 e. The molecule has 9 rings (SSSR count). The number of aromatic nitrogens is 5. The summed E-state index contributed by atoms with van der Waals surface area (Å²) in [6.45, 7) is 2.10. The van der Waals surface area contributed by atoms with Crippen molar-refractivity contribution in [2.24, 2.45) is 0 Å². The van der Waals surface area contributed by atoms with Crippen molar-refractivity contribution in [2.75, 3.05) is 13.1 Å². The van der Waals surface area contributed by atoms with Crippen molar-refractivity contribution < 1.29 is 4.74 Å². The lowest BCUT2D eigenvalue weighted by Gasteiger charge is -2.30. The van der Waals surface area contributed by atoms with Crippen molar-refractivity contribution in [1.82, 2.24) is 35.1 Å². The number of halogens is 2. The van der Waals surface area contributed by atoms with Gasteiger partial charge in [-0.3, -0.25) is 0 Å². The number of nitrogens with zero attached hydrogens (tertiary/aromatic N) is 3. The van der Waals surface area contributed by atoms with Gasteiger partial charge in [0.1, 0.15) is 17.4 Å². The van der Waals surface area contributed by atoms with E-state index in [1.807, 2.05) is 18.5 Å². The summed E-state index contributed by atoms with van der Waals surface area (Å²) in [5, 5.41) is 8.25. The van der Waals surface area contributed by atoms with Gasteiger partial charge in [0, 0.05) is 27.6 Å². The maximum atomic E-state index is 6.85. The minimum atomic E-state index is -0.283.